The minimum atomic E-state index is 0.585. The summed E-state index contributed by atoms with van der Waals surface area (Å²) in [5, 5.41) is 10.9. The number of rotatable bonds is 5. The van der Waals surface area contributed by atoms with Crippen LogP contribution in [0.15, 0.2) is 52.2 Å². The third kappa shape index (κ3) is 4.26. The quantitative estimate of drug-likeness (QED) is 0.551. The standard InChI is InChI=1S/C18H22N6O/c1-13-9-14(2)24(23-13)17-7-6-15(10-20-17)11-21-18(19-3)22-12-16-5-4-8-25-16/h4-10H,11-12H2,1-3H3,(H2,19,21,22). The Balaban J connectivity index is 1.56. The van der Waals surface area contributed by atoms with Crippen molar-refractivity contribution in [1.82, 2.24) is 25.4 Å². The maximum atomic E-state index is 5.29. The number of guanidine groups is 1. The van der Waals surface area contributed by atoms with Crippen LogP contribution in [0.2, 0.25) is 0 Å². The first-order valence-corrected chi connectivity index (χ1v) is 8.11. The number of hydrogen-bond acceptors (Lipinski definition) is 4. The fraction of sp³-hybridized carbons (Fsp3) is 0.278. The highest BCUT2D eigenvalue weighted by Crippen LogP contribution is 2.10. The number of nitrogens with zero attached hydrogens (tertiary/aromatic N) is 4. The molecule has 3 aromatic heterocycles. The molecule has 0 bridgehead atoms. The third-order valence-electron chi connectivity index (χ3n) is 3.73. The largest absolute Gasteiger partial charge is 0.467 e. The lowest BCUT2D eigenvalue weighted by molar-refractivity contribution is 0.501. The van der Waals surface area contributed by atoms with Crippen molar-refractivity contribution in [3.05, 3.63) is 65.5 Å². The van der Waals surface area contributed by atoms with Gasteiger partial charge in [-0.2, -0.15) is 5.10 Å². The van der Waals surface area contributed by atoms with E-state index >= 15 is 0 Å². The van der Waals surface area contributed by atoms with Gasteiger partial charge < -0.3 is 15.1 Å². The molecule has 3 rings (SSSR count). The number of pyridine rings is 1. The predicted octanol–water partition coefficient (Wildman–Crippen LogP) is 2.34. The van der Waals surface area contributed by atoms with Crippen molar-refractivity contribution < 1.29 is 4.42 Å². The van der Waals surface area contributed by atoms with E-state index in [1.807, 2.05) is 55.1 Å². The second kappa shape index (κ2) is 7.65. The van der Waals surface area contributed by atoms with Crippen molar-refractivity contribution in [3.8, 4) is 5.82 Å². The van der Waals surface area contributed by atoms with Crippen LogP contribution in [0.5, 0.6) is 0 Å². The van der Waals surface area contributed by atoms with Gasteiger partial charge in [-0.3, -0.25) is 4.99 Å². The molecule has 0 amide bonds. The molecule has 0 spiro atoms. The molecule has 0 aliphatic carbocycles. The van der Waals surface area contributed by atoms with E-state index in [0.717, 1.165) is 28.5 Å². The third-order valence-corrected chi connectivity index (χ3v) is 3.73. The average Bonchev–Trinajstić information content (AvgIpc) is 3.25. The molecule has 0 fully saturated rings. The van der Waals surface area contributed by atoms with Gasteiger partial charge in [-0.05, 0) is 43.7 Å². The van der Waals surface area contributed by atoms with Gasteiger partial charge in [-0.25, -0.2) is 9.67 Å². The first-order valence-electron chi connectivity index (χ1n) is 8.11. The second-order valence-corrected chi connectivity index (χ2v) is 5.72. The van der Waals surface area contributed by atoms with Gasteiger partial charge in [0.25, 0.3) is 0 Å². The van der Waals surface area contributed by atoms with E-state index < -0.39 is 0 Å². The van der Waals surface area contributed by atoms with Gasteiger partial charge in [0.15, 0.2) is 11.8 Å². The fourth-order valence-electron chi connectivity index (χ4n) is 2.50. The zero-order valence-corrected chi connectivity index (χ0v) is 14.7. The van der Waals surface area contributed by atoms with Gasteiger partial charge in [0.2, 0.25) is 0 Å². The van der Waals surface area contributed by atoms with Crippen molar-refractivity contribution >= 4 is 5.96 Å². The Bertz CT molecular complexity index is 833. The van der Waals surface area contributed by atoms with Crippen molar-refractivity contribution in [2.24, 2.45) is 4.99 Å². The Morgan fingerprint density at radius 3 is 2.64 bits per heavy atom. The molecule has 0 aliphatic rings. The van der Waals surface area contributed by atoms with Crippen LogP contribution in [0.3, 0.4) is 0 Å². The summed E-state index contributed by atoms with van der Waals surface area (Å²) in [6.45, 7) is 5.21. The molecule has 25 heavy (non-hydrogen) atoms. The van der Waals surface area contributed by atoms with E-state index in [4.69, 9.17) is 4.42 Å². The van der Waals surface area contributed by atoms with Gasteiger partial charge in [-0.1, -0.05) is 6.07 Å². The smallest absolute Gasteiger partial charge is 0.191 e. The Morgan fingerprint density at radius 1 is 1.20 bits per heavy atom. The van der Waals surface area contributed by atoms with Crippen LogP contribution < -0.4 is 10.6 Å². The van der Waals surface area contributed by atoms with Gasteiger partial charge >= 0.3 is 0 Å². The van der Waals surface area contributed by atoms with E-state index in [1.54, 1.807) is 13.3 Å². The van der Waals surface area contributed by atoms with Crippen molar-refractivity contribution in [3.63, 3.8) is 0 Å². The Kier molecular flexibility index (Phi) is 5.13. The molecular weight excluding hydrogens is 316 g/mol. The van der Waals surface area contributed by atoms with E-state index in [9.17, 15) is 0 Å². The molecule has 0 radical (unpaired) electrons. The summed E-state index contributed by atoms with van der Waals surface area (Å²) < 4.78 is 7.14. The first-order chi connectivity index (χ1) is 12.2. The highest BCUT2D eigenvalue weighted by atomic mass is 16.3. The maximum absolute atomic E-state index is 5.29. The first kappa shape index (κ1) is 16.8. The van der Waals surface area contributed by atoms with Gasteiger partial charge in [0.1, 0.15) is 5.76 Å². The lowest BCUT2D eigenvalue weighted by atomic mass is 10.3. The highest BCUT2D eigenvalue weighted by molar-refractivity contribution is 5.79. The molecule has 0 saturated carbocycles. The summed E-state index contributed by atoms with van der Waals surface area (Å²) in [5.41, 5.74) is 3.11. The topological polar surface area (TPSA) is 80.3 Å². The summed E-state index contributed by atoms with van der Waals surface area (Å²) in [4.78, 5) is 8.70. The van der Waals surface area contributed by atoms with Crippen LogP contribution in [-0.4, -0.2) is 27.8 Å². The van der Waals surface area contributed by atoms with Gasteiger partial charge in [-0.15, -0.1) is 0 Å². The van der Waals surface area contributed by atoms with Crippen LogP contribution in [0.4, 0.5) is 0 Å². The summed E-state index contributed by atoms with van der Waals surface area (Å²) in [7, 11) is 1.74. The number of aromatic nitrogens is 3. The summed E-state index contributed by atoms with van der Waals surface area (Å²) in [6, 6.07) is 9.82. The molecule has 2 N–H and O–H groups in total. The minimum Gasteiger partial charge on any atom is -0.467 e. The number of aryl methyl sites for hydroxylation is 2. The lowest BCUT2D eigenvalue weighted by Gasteiger charge is -2.11. The average molecular weight is 338 g/mol. The SMILES string of the molecule is CN=C(NCc1ccc(-n2nc(C)cc2C)nc1)NCc1ccco1. The molecule has 7 nitrogen and oxygen atoms in total. The van der Waals surface area contributed by atoms with Gasteiger partial charge in [0, 0.05) is 25.5 Å². The van der Waals surface area contributed by atoms with E-state index in [2.05, 4.69) is 25.7 Å². The Labute approximate surface area is 146 Å². The number of furan rings is 1. The lowest BCUT2D eigenvalue weighted by Crippen LogP contribution is -2.36. The number of nitrogens with one attached hydrogen (secondary N) is 2. The molecule has 0 atom stereocenters. The van der Waals surface area contributed by atoms with Crippen molar-refractivity contribution in [2.45, 2.75) is 26.9 Å². The molecule has 0 saturated heterocycles. The predicted molar refractivity (Wildman–Crippen MR) is 96.6 cm³/mol. The zero-order chi connectivity index (χ0) is 17.6. The second-order valence-electron chi connectivity index (χ2n) is 5.72. The molecule has 130 valence electrons. The summed E-state index contributed by atoms with van der Waals surface area (Å²) in [5.74, 6) is 2.38. The molecule has 7 heteroatoms. The van der Waals surface area contributed by atoms with Crippen LogP contribution in [0.25, 0.3) is 5.82 Å². The summed E-state index contributed by atoms with van der Waals surface area (Å²) >= 11 is 0. The van der Waals surface area contributed by atoms with Crippen LogP contribution >= 0.6 is 0 Å². The molecular formula is C18H22N6O. The highest BCUT2D eigenvalue weighted by Gasteiger charge is 2.05. The molecule has 3 heterocycles. The van der Waals surface area contributed by atoms with E-state index in [1.165, 1.54) is 0 Å². The van der Waals surface area contributed by atoms with Crippen molar-refractivity contribution in [1.29, 1.82) is 0 Å². The summed E-state index contributed by atoms with van der Waals surface area (Å²) in [6.07, 6.45) is 3.50. The zero-order valence-electron chi connectivity index (χ0n) is 14.7. The van der Waals surface area contributed by atoms with Crippen molar-refractivity contribution in [2.75, 3.05) is 7.05 Å². The number of hydrogen-bond donors (Lipinski definition) is 2. The fourth-order valence-corrected chi connectivity index (χ4v) is 2.50. The Morgan fingerprint density at radius 2 is 2.04 bits per heavy atom. The molecule has 0 aromatic carbocycles. The number of aliphatic imine (C=N–C) groups is 1. The monoisotopic (exact) mass is 338 g/mol. The van der Waals surface area contributed by atoms with Gasteiger partial charge in [0.05, 0.1) is 18.5 Å². The van der Waals surface area contributed by atoms with Crippen LogP contribution in [0.1, 0.15) is 22.7 Å². The van der Waals surface area contributed by atoms with Crippen LogP contribution in [0, 0.1) is 13.8 Å². The molecule has 0 aliphatic heterocycles. The molecule has 0 unspecified atom stereocenters. The molecule has 3 aromatic rings. The maximum Gasteiger partial charge on any atom is 0.191 e. The van der Waals surface area contributed by atoms with E-state index in [0.29, 0.717) is 19.0 Å². The minimum absolute atomic E-state index is 0.585. The Hall–Kier alpha value is -3.09. The van der Waals surface area contributed by atoms with Crippen LogP contribution in [-0.2, 0) is 13.1 Å². The normalized spacial score (nSPS) is 11.6. The van der Waals surface area contributed by atoms with E-state index in [-0.39, 0.29) is 0 Å².